The molecular weight excluding hydrogens is 330 g/mol. The number of nitrogens with zero attached hydrogens (tertiary/aromatic N) is 3. The fourth-order valence-corrected chi connectivity index (χ4v) is 2.16. The molecule has 0 amide bonds. The summed E-state index contributed by atoms with van der Waals surface area (Å²) in [6.07, 6.45) is 1.39. The zero-order valence-corrected chi connectivity index (χ0v) is 13.3. The Hall–Kier alpha value is -3.49. The van der Waals surface area contributed by atoms with Gasteiger partial charge in [-0.15, -0.1) is 6.58 Å². The molecule has 0 atom stereocenters. The molecule has 1 aromatic carbocycles. The van der Waals surface area contributed by atoms with Gasteiger partial charge in [-0.05, 0) is 6.92 Å². The maximum atomic E-state index is 12.3. The summed E-state index contributed by atoms with van der Waals surface area (Å²) in [6.45, 7) is 5.04. The zero-order chi connectivity index (χ0) is 18.6. The highest BCUT2D eigenvalue weighted by Gasteiger charge is 2.25. The molecule has 0 aliphatic carbocycles. The Labute approximate surface area is 141 Å². The van der Waals surface area contributed by atoms with Gasteiger partial charge >= 0.3 is 5.97 Å². The van der Waals surface area contributed by atoms with Crippen molar-refractivity contribution < 1.29 is 19.6 Å². The number of nitro groups is 1. The molecule has 0 spiro atoms. The number of carbonyl (C=O) groups is 1. The van der Waals surface area contributed by atoms with E-state index in [9.17, 15) is 24.8 Å². The number of carbonyl (C=O) groups excluding carboxylic acids is 1. The topological polar surface area (TPSA) is 125 Å². The summed E-state index contributed by atoms with van der Waals surface area (Å²) >= 11 is 0. The number of hydrogen-bond acceptors (Lipinski definition) is 7. The molecule has 9 heteroatoms. The number of nitro benzene ring substituents is 1. The van der Waals surface area contributed by atoms with Crippen LogP contribution in [0.1, 0.15) is 17.3 Å². The van der Waals surface area contributed by atoms with Gasteiger partial charge in [-0.3, -0.25) is 14.9 Å². The number of hydrogen-bond donors (Lipinski definition) is 1. The van der Waals surface area contributed by atoms with Gasteiger partial charge < -0.3 is 9.84 Å². The molecule has 1 N–H and O–H groups in total. The lowest BCUT2D eigenvalue weighted by Crippen LogP contribution is -2.29. The normalized spacial score (nSPS) is 10.3. The number of aromatic nitrogens is 2. The third-order valence-corrected chi connectivity index (χ3v) is 3.24. The van der Waals surface area contributed by atoms with Crippen molar-refractivity contribution in [1.82, 2.24) is 9.78 Å². The second-order valence-corrected chi connectivity index (χ2v) is 4.88. The highest BCUT2D eigenvalue weighted by molar-refractivity contribution is 5.94. The molecule has 1 heterocycles. The predicted octanol–water partition coefficient (Wildman–Crippen LogP) is 1.89. The third-order valence-electron chi connectivity index (χ3n) is 3.24. The van der Waals surface area contributed by atoms with Crippen LogP contribution in [0.4, 0.5) is 5.69 Å². The van der Waals surface area contributed by atoms with Crippen LogP contribution in [0.3, 0.4) is 0 Å². The van der Waals surface area contributed by atoms with Crippen molar-refractivity contribution in [3.05, 3.63) is 63.0 Å². The van der Waals surface area contributed by atoms with Gasteiger partial charge in [-0.1, -0.05) is 18.2 Å². The van der Waals surface area contributed by atoms with E-state index in [1.807, 2.05) is 0 Å². The van der Waals surface area contributed by atoms with E-state index in [-0.39, 0.29) is 30.1 Å². The van der Waals surface area contributed by atoms with Crippen molar-refractivity contribution in [2.75, 3.05) is 6.61 Å². The van der Waals surface area contributed by atoms with E-state index in [4.69, 9.17) is 4.74 Å². The van der Waals surface area contributed by atoms with Gasteiger partial charge in [0.25, 0.3) is 11.2 Å². The molecule has 0 aliphatic rings. The van der Waals surface area contributed by atoms with Crippen molar-refractivity contribution >= 4 is 11.7 Å². The largest absolute Gasteiger partial charge is 0.505 e. The minimum absolute atomic E-state index is 0.00758. The molecule has 0 aliphatic heterocycles. The average molecular weight is 345 g/mol. The minimum Gasteiger partial charge on any atom is -0.505 e. The lowest BCUT2D eigenvalue weighted by Gasteiger charge is -2.11. The van der Waals surface area contributed by atoms with Crippen molar-refractivity contribution in [1.29, 1.82) is 0 Å². The van der Waals surface area contributed by atoms with Gasteiger partial charge in [0.05, 0.1) is 18.1 Å². The fourth-order valence-electron chi connectivity index (χ4n) is 2.16. The van der Waals surface area contributed by atoms with E-state index >= 15 is 0 Å². The van der Waals surface area contributed by atoms with Crippen molar-refractivity contribution in [3.8, 4) is 17.0 Å². The van der Waals surface area contributed by atoms with E-state index in [1.165, 1.54) is 30.3 Å². The van der Waals surface area contributed by atoms with Crippen LogP contribution in [0.2, 0.25) is 0 Å². The van der Waals surface area contributed by atoms with Crippen LogP contribution in [0, 0.1) is 10.1 Å². The monoisotopic (exact) mass is 345 g/mol. The molecule has 0 unspecified atom stereocenters. The molecule has 0 bridgehead atoms. The molecule has 2 aromatic rings. The Morgan fingerprint density at radius 3 is 2.84 bits per heavy atom. The number of esters is 1. The number of rotatable bonds is 6. The van der Waals surface area contributed by atoms with Crippen molar-refractivity contribution in [2.24, 2.45) is 0 Å². The summed E-state index contributed by atoms with van der Waals surface area (Å²) in [5.41, 5.74) is -1.62. The second-order valence-electron chi connectivity index (χ2n) is 4.88. The first-order valence-electron chi connectivity index (χ1n) is 7.27. The van der Waals surface area contributed by atoms with Crippen molar-refractivity contribution in [2.45, 2.75) is 13.5 Å². The van der Waals surface area contributed by atoms with Crippen LogP contribution >= 0.6 is 0 Å². The molecule has 1 aromatic heterocycles. The first-order valence-corrected chi connectivity index (χ1v) is 7.27. The molecule has 2 rings (SSSR count). The summed E-state index contributed by atoms with van der Waals surface area (Å²) in [5, 5.41) is 25.3. The number of ether oxygens (including phenoxy) is 1. The Bertz CT molecular complexity index is 903. The van der Waals surface area contributed by atoms with Crippen LogP contribution in [-0.2, 0) is 11.3 Å². The molecular formula is C16H15N3O6. The molecule has 0 fully saturated rings. The standard InChI is InChI=1S/C16H15N3O6/c1-3-8-18-15(21)12(16(22)25-4-2)14(20)13(17-18)10-6-5-7-11(9-10)19(23)24/h3,5-7,9,20H,1,4,8H2,2H3. The number of benzene rings is 1. The second kappa shape index (κ2) is 7.39. The van der Waals surface area contributed by atoms with Crippen LogP contribution in [0.25, 0.3) is 11.3 Å². The van der Waals surface area contributed by atoms with E-state index < -0.39 is 27.8 Å². The fraction of sp³-hybridized carbons (Fsp3) is 0.188. The van der Waals surface area contributed by atoms with Crippen molar-refractivity contribution in [3.63, 3.8) is 0 Å². The molecule has 130 valence electrons. The van der Waals surface area contributed by atoms with Gasteiger partial charge in [-0.25, -0.2) is 9.48 Å². The predicted molar refractivity (Wildman–Crippen MR) is 88.4 cm³/mol. The molecule has 9 nitrogen and oxygen atoms in total. The zero-order valence-electron chi connectivity index (χ0n) is 13.3. The van der Waals surface area contributed by atoms with Crippen LogP contribution in [0.5, 0.6) is 5.75 Å². The van der Waals surface area contributed by atoms with Gasteiger partial charge in [0.1, 0.15) is 5.69 Å². The lowest BCUT2D eigenvalue weighted by atomic mass is 10.1. The van der Waals surface area contributed by atoms with E-state index in [0.29, 0.717) is 0 Å². The summed E-state index contributed by atoms with van der Waals surface area (Å²) in [5.74, 6) is -1.69. The summed E-state index contributed by atoms with van der Waals surface area (Å²) in [6, 6.07) is 5.32. The van der Waals surface area contributed by atoms with Gasteiger partial charge in [0.15, 0.2) is 11.3 Å². The van der Waals surface area contributed by atoms with E-state index in [0.717, 1.165) is 4.68 Å². The maximum Gasteiger partial charge on any atom is 0.347 e. The maximum absolute atomic E-state index is 12.3. The van der Waals surface area contributed by atoms with Crippen LogP contribution < -0.4 is 5.56 Å². The summed E-state index contributed by atoms with van der Waals surface area (Å²) < 4.78 is 5.73. The molecule has 0 saturated heterocycles. The number of non-ortho nitro benzene ring substituents is 1. The van der Waals surface area contributed by atoms with E-state index in [1.54, 1.807) is 6.92 Å². The first kappa shape index (κ1) is 17.9. The first-order chi connectivity index (χ1) is 11.9. The Kier molecular flexibility index (Phi) is 5.28. The summed E-state index contributed by atoms with van der Waals surface area (Å²) in [7, 11) is 0. The summed E-state index contributed by atoms with van der Waals surface area (Å²) in [4.78, 5) is 34.7. The lowest BCUT2D eigenvalue weighted by molar-refractivity contribution is -0.384. The SMILES string of the molecule is C=CCn1nc(-c2cccc([N+](=O)[O-])c2)c(O)c(C(=O)OCC)c1=O. The molecule has 0 saturated carbocycles. The highest BCUT2D eigenvalue weighted by Crippen LogP contribution is 2.30. The Morgan fingerprint density at radius 1 is 1.52 bits per heavy atom. The molecule has 25 heavy (non-hydrogen) atoms. The van der Waals surface area contributed by atoms with Gasteiger partial charge in [0, 0.05) is 17.7 Å². The highest BCUT2D eigenvalue weighted by atomic mass is 16.6. The number of allylic oxidation sites excluding steroid dienone is 1. The molecule has 0 radical (unpaired) electrons. The van der Waals surface area contributed by atoms with E-state index in [2.05, 4.69) is 11.7 Å². The average Bonchev–Trinajstić information content (AvgIpc) is 2.58. The Balaban J connectivity index is 2.75. The Morgan fingerprint density at radius 2 is 2.24 bits per heavy atom. The van der Waals surface area contributed by atoms with Crippen LogP contribution in [-0.4, -0.2) is 32.4 Å². The minimum atomic E-state index is -1.00. The van der Waals surface area contributed by atoms with Gasteiger partial charge in [-0.2, -0.15) is 5.10 Å². The quantitative estimate of drug-likeness (QED) is 0.367. The number of aromatic hydroxyl groups is 1. The van der Waals surface area contributed by atoms with Crippen LogP contribution in [0.15, 0.2) is 41.7 Å². The third kappa shape index (κ3) is 3.55. The van der Waals surface area contributed by atoms with Gasteiger partial charge in [0.2, 0.25) is 0 Å². The smallest absolute Gasteiger partial charge is 0.347 e.